The van der Waals surface area contributed by atoms with Crippen LogP contribution in [0.25, 0.3) is 54.9 Å². The normalized spacial score (nSPS) is 12.4. The number of hydrogen-bond donors (Lipinski definition) is 0. The topological polar surface area (TPSA) is 0 Å². The van der Waals surface area contributed by atoms with E-state index in [1.807, 2.05) is 6.07 Å². The van der Waals surface area contributed by atoms with Gasteiger partial charge in [0.1, 0.15) is 0 Å². The van der Waals surface area contributed by atoms with Crippen LogP contribution in [0.2, 0.25) is 0 Å². The van der Waals surface area contributed by atoms with Crippen molar-refractivity contribution in [2.75, 3.05) is 0 Å². The minimum Gasteiger partial charge on any atom is -0.184 e. The maximum atomic E-state index is 3.31. The second-order valence-electron chi connectivity index (χ2n) is 15.0. The summed E-state index contributed by atoms with van der Waals surface area (Å²) in [5.74, 6) is 1.26. The van der Waals surface area contributed by atoms with Crippen molar-refractivity contribution >= 4 is 41.4 Å². The monoisotopic (exact) mass is 819 g/mol. The first-order chi connectivity index (χ1) is 26.9. The second-order valence-corrected chi connectivity index (χ2v) is 16.3. The number of benzene rings is 6. The summed E-state index contributed by atoms with van der Waals surface area (Å²) in [6.45, 7) is 13.6. The maximum Gasteiger partial charge on any atom is 3.00 e. The zero-order chi connectivity index (χ0) is 38.3. The van der Waals surface area contributed by atoms with Crippen molar-refractivity contribution < 1.29 is 26.2 Å². The molecule has 277 valence electrons. The molecule has 0 saturated heterocycles. The Morgan fingerprint density at radius 3 is 1.45 bits per heavy atom. The molecule has 0 fully saturated rings. The van der Waals surface area contributed by atoms with Gasteiger partial charge in [-0.2, -0.15) is 41.6 Å². The van der Waals surface area contributed by atoms with Crippen molar-refractivity contribution in [1.29, 1.82) is 0 Å². The first-order valence-electron chi connectivity index (χ1n) is 20.4. The molecule has 0 bridgehead atoms. The smallest absolute Gasteiger partial charge is 0.184 e. The van der Waals surface area contributed by atoms with Gasteiger partial charge in [0.25, 0.3) is 0 Å². The van der Waals surface area contributed by atoms with Crippen molar-refractivity contribution in [2.24, 2.45) is 0 Å². The second kappa shape index (κ2) is 19.2. The molecule has 9 rings (SSSR count). The van der Waals surface area contributed by atoms with Crippen LogP contribution in [-0.4, -0.2) is 9.52 Å². The van der Waals surface area contributed by atoms with E-state index >= 15 is 0 Å². The molecule has 8 aromatic rings. The van der Waals surface area contributed by atoms with E-state index < -0.39 is 0 Å². The van der Waals surface area contributed by atoms with Crippen LogP contribution in [0, 0.1) is 6.07 Å². The van der Waals surface area contributed by atoms with Crippen LogP contribution in [0.4, 0.5) is 0 Å². The van der Waals surface area contributed by atoms with E-state index in [9.17, 15) is 0 Å². The molecule has 56 heavy (non-hydrogen) atoms. The van der Waals surface area contributed by atoms with Gasteiger partial charge in [0, 0.05) is 0 Å². The fourth-order valence-electron chi connectivity index (χ4n) is 7.94. The van der Waals surface area contributed by atoms with Gasteiger partial charge in [0.2, 0.25) is 0 Å². The molecule has 0 N–H and O–H groups in total. The molecule has 0 saturated carbocycles. The van der Waals surface area contributed by atoms with Crippen LogP contribution >= 0.6 is 0 Å². The van der Waals surface area contributed by atoms with Gasteiger partial charge in [0.15, 0.2) is 0 Å². The number of rotatable bonds is 8. The van der Waals surface area contributed by atoms with Crippen LogP contribution in [0.1, 0.15) is 88.5 Å². The van der Waals surface area contributed by atoms with E-state index in [0.29, 0.717) is 11.8 Å². The predicted molar refractivity (Wildman–Crippen MR) is 242 cm³/mol. The SMILES string of the molecule is CCc1ccccc1-c1cccc2[cH-]c(C(C)CC)cc12.CCc1ccccc1-c1cccc2[cH-]c(C(C)CC)cc12.[Zr+3].[c-]1cccc2c1[Si]c1ccccc1-2. The molecule has 2 heteroatoms. The standard InChI is InChI=1S/2C21H23.C12H7Si.Zr/c2*1-4-15(3)18-13-17-10-8-12-20(21(17)14-18)19-11-7-6-9-16(19)5-2;1-3-7-11-9(5-1)10-6-2-4-8-12(10)13-11;/h2*6-15H,4-5H2,1-3H3;1-7H;/q3*-1;+3. The molecule has 0 aliphatic carbocycles. The summed E-state index contributed by atoms with van der Waals surface area (Å²) in [4.78, 5) is 0. The van der Waals surface area contributed by atoms with E-state index in [0.717, 1.165) is 22.4 Å². The molecule has 0 nitrogen and oxygen atoms in total. The molecule has 0 aromatic heterocycles. The first kappa shape index (κ1) is 41.3. The van der Waals surface area contributed by atoms with E-state index in [1.54, 1.807) is 0 Å². The summed E-state index contributed by atoms with van der Waals surface area (Å²) in [7, 11) is 0.795. The van der Waals surface area contributed by atoms with Crippen LogP contribution in [-0.2, 0) is 39.0 Å². The Balaban J connectivity index is 0.000000145. The van der Waals surface area contributed by atoms with E-state index in [1.165, 1.54) is 100 Å². The third-order valence-electron chi connectivity index (χ3n) is 11.6. The maximum absolute atomic E-state index is 3.31. The quantitative estimate of drug-likeness (QED) is 0.106. The number of fused-ring (bicyclic) bond motifs is 5. The van der Waals surface area contributed by atoms with Crippen LogP contribution in [0.5, 0.6) is 0 Å². The van der Waals surface area contributed by atoms with Gasteiger partial charge in [-0.1, -0.05) is 161 Å². The van der Waals surface area contributed by atoms with Gasteiger partial charge in [-0.25, -0.2) is 0 Å². The van der Waals surface area contributed by atoms with Crippen molar-refractivity contribution in [2.45, 2.75) is 79.1 Å². The van der Waals surface area contributed by atoms with Gasteiger partial charge in [-0.15, -0.1) is 74.6 Å². The Hall–Kier alpha value is -4.36. The summed E-state index contributed by atoms with van der Waals surface area (Å²) in [6, 6.07) is 58.6. The molecular formula is C54H53SiZr. The number of aryl methyl sites for hydroxylation is 2. The predicted octanol–water partition coefficient (Wildman–Crippen LogP) is 13.7. The van der Waals surface area contributed by atoms with Crippen molar-refractivity contribution in [3.8, 4) is 33.4 Å². The molecule has 2 unspecified atom stereocenters. The molecule has 2 atom stereocenters. The fourth-order valence-corrected chi connectivity index (χ4v) is 9.24. The van der Waals surface area contributed by atoms with Crippen LogP contribution in [0.3, 0.4) is 0 Å². The molecule has 1 aliphatic heterocycles. The molecular weight excluding hydrogens is 768 g/mol. The van der Waals surface area contributed by atoms with E-state index in [-0.39, 0.29) is 26.2 Å². The Morgan fingerprint density at radius 1 is 0.500 bits per heavy atom. The fraction of sp³-hybridized carbons (Fsp3) is 0.222. The Kier molecular flexibility index (Phi) is 14.1. The third-order valence-corrected chi connectivity index (χ3v) is 13.0. The largest absolute Gasteiger partial charge is 3.00 e. The third kappa shape index (κ3) is 8.78. The van der Waals surface area contributed by atoms with Gasteiger partial charge in [-0.05, 0) is 46.9 Å². The zero-order valence-corrected chi connectivity index (χ0v) is 37.4. The van der Waals surface area contributed by atoms with Crippen molar-refractivity contribution in [1.82, 2.24) is 0 Å². The minimum atomic E-state index is 0. The first-order valence-corrected chi connectivity index (χ1v) is 21.4. The average Bonchev–Trinajstić information content (AvgIpc) is 3.99. The molecule has 1 aliphatic rings. The van der Waals surface area contributed by atoms with E-state index in [4.69, 9.17) is 0 Å². The van der Waals surface area contributed by atoms with Gasteiger partial charge >= 0.3 is 26.2 Å². The summed E-state index contributed by atoms with van der Waals surface area (Å²) < 4.78 is 0. The van der Waals surface area contributed by atoms with Gasteiger partial charge < -0.3 is 0 Å². The van der Waals surface area contributed by atoms with Crippen molar-refractivity contribution in [3.63, 3.8) is 0 Å². The summed E-state index contributed by atoms with van der Waals surface area (Å²) >= 11 is 0. The molecule has 8 aromatic carbocycles. The van der Waals surface area contributed by atoms with Crippen LogP contribution < -0.4 is 10.4 Å². The molecule has 3 radical (unpaired) electrons. The Labute approximate surface area is 357 Å². The summed E-state index contributed by atoms with van der Waals surface area (Å²) in [6.07, 6.45) is 4.53. The minimum absolute atomic E-state index is 0. The molecule has 0 spiro atoms. The Morgan fingerprint density at radius 2 is 0.946 bits per heavy atom. The molecule has 0 amide bonds. The molecule has 1 heterocycles. The van der Waals surface area contributed by atoms with Crippen LogP contribution in [0.15, 0.2) is 152 Å². The Bertz CT molecular complexity index is 2340. The van der Waals surface area contributed by atoms with Gasteiger partial charge in [-0.3, -0.25) is 0 Å². The number of hydrogen-bond acceptors (Lipinski definition) is 0. The summed E-state index contributed by atoms with van der Waals surface area (Å²) in [5.41, 5.74) is 14.1. The summed E-state index contributed by atoms with van der Waals surface area (Å²) in [5, 5.41) is 8.36. The zero-order valence-electron chi connectivity index (χ0n) is 33.9. The van der Waals surface area contributed by atoms with Gasteiger partial charge in [0.05, 0.1) is 9.52 Å². The van der Waals surface area contributed by atoms with Crippen molar-refractivity contribution in [3.05, 3.63) is 180 Å². The van der Waals surface area contributed by atoms with E-state index in [2.05, 4.69) is 193 Å². The average molecular weight is 821 g/mol.